The minimum absolute atomic E-state index is 0.483. The zero-order valence-electron chi connectivity index (χ0n) is 27.0. The lowest BCUT2D eigenvalue weighted by molar-refractivity contribution is 0.621. The molecule has 0 atom stereocenters. The maximum atomic E-state index is 6.67. The van der Waals surface area contributed by atoms with Crippen LogP contribution in [0.3, 0.4) is 0 Å². The van der Waals surface area contributed by atoms with E-state index in [2.05, 4.69) is 59.2 Å². The molecular formula is C44H25N5O2. The van der Waals surface area contributed by atoms with E-state index in [1.165, 1.54) is 0 Å². The molecule has 11 aromatic rings. The standard InChI is InChI=1S/C44H25N5O2/c1-3-12-27(13-4-1)41-46-42(29-20-24-37-33(25-29)31-17-9-10-18-36(31)50-37)48-44(47-41)49-35-23-19-26-11-7-8-16-30(26)38(35)32-21-22-34-40(39(32)49)51-43(45-34)28-14-5-2-6-15-28/h1-25H. The molecule has 0 saturated heterocycles. The van der Waals surface area contributed by atoms with Crippen molar-refractivity contribution < 1.29 is 8.83 Å². The van der Waals surface area contributed by atoms with Crippen LogP contribution in [0, 0.1) is 0 Å². The Bertz CT molecular complexity index is 3140. The summed E-state index contributed by atoms with van der Waals surface area (Å²) < 4.78 is 14.9. The predicted octanol–water partition coefficient (Wildman–Crippen LogP) is 11.2. The second-order valence-corrected chi connectivity index (χ2v) is 12.7. The number of para-hydroxylation sites is 1. The highest BCUT2D eigenvalue weighted by Crippen LogP contribution is 2.41. The van der Waals surface area contributed by atoms with Crippen LogP contribution in [-0.4, -0.2) is 24.5 Å². The Morgan fingerprint density at radius 2 is 1.16 bits per heavy atom. The van der Waals surface area contributed by atoms with Gasteiger partial charge in [-0.15, -0.1) is 0 Å². The lowest BCUT2D eigenvalue weighted by Crippen LogP contribution is -2.06. The molecular weight excluding hydrogens is 631 g/mol. The fourth-order valence-corrected chi connectivity index (χ4v) is 7.34. The van der Waals surface area contributed by atoms with Crippen molar-refractivity contribution in [3.05, 3.63) is 152 Å². The second-order valence-electron chi connectivity index (χ2n) is 12.7. The van der Waals surface area contributed by atoms with Crippen LogP contribution in [0.5, 0.6) is 0 Å². The molecule has 7 aromatic carbocycles. The van der Waals surface area contributed by atoms with E-state index in [9.17, 15) is 0 Å². The first kappa shape index (κ1) is 27.8. The normalized spacial score (nSPS) is 11.9. The number of rotatable bonds is 4. The van der Waals surface area contributed by atoms with Crippen LogP contribution in [-0.2, 0) is 0 Å². The van der Waals surface area contributed by atoms with Gasteiger partial charge in [0.05, 0.1) is 5.52 Å². The van der Waals surface area contributed by atoms with Crippen molar-refractivity contribution in [1.82, 2.24) is 24.5 Å². The summed E-state index contributed by atoms with van der Waals surface area (Å²) in [6.45, 7) is 0. The van der Waals surface area contributed by atoms with E-state index in [1.54, 1.807) is 0 Å². The van der Waals surface area contributed by atoms with E-state index >= 15 is 0 Å². The van der Waals surface area contributed by atoms with Crippen LogP contribution in [0.15, 0.2) is 160 Å². The zero-order chi connectivity index (χ0) is 33.5. The van der Waals surface area contributed by atoms with Gasteiger partial charge < -0.3 is 8.83 Å². The highest BCUT2D eigenvalue weighted by atomic mass is 16.3. The van der Waals surface area contributed by atoms with Crippen molar-refractivity contribution in [1.29, 1.82) is 0 Å². The van der Waals surface area contributed by atoms with Crippen LogP contribution >= 0.6 is 0 Å². The van der Waals surface area contributed by atoms with Crippen LogP contribution in [0.25, 0.3) is 106 Å². The van der Waals surface area contributed by atoms with Gasteiger partial charge in [0.2, 0.25) is 11.8 Å². The smallest absolute Gasteiger partial charge is 0.238 e. The van der Waals surface area contributed by atoms with E-state index in [-0.39, 0.29) is 0 Å². The first-order chi connectivity index (χ1) is 25.3. The molecule has 0 N–H and O–H groups in total. The third-order valence-electron chi connectivity index (χ3n) is 9.68. The Balaban J connectivity index is 1.25. The van der Waals surface area contributed by atoms with E-state index in [4.69, 9.17) is 28.8 Å². The molecule has 0 aliphatic heterocycles. The zero-order valence-corrected chi connectivity index (χ0v) is 27.0. The van der Waals surface area contributed by atoms with Crippen LogP contribution in [0.2, 0.25) is 0 Å². The topological polar surface area (TPSA) is 82.8 Å². The Morgan fingerprint density at radius 1 is 0.451 bits per heavy atom. The number of oxazole rings is 1. The number of hydrogen-bond acceptors (Lipinski definition) is 6. The molecule has 238 valence electrons. The maximum Gasteiger partial charge on any atom is 0.238 e. The molecule has 7 heteroatoms. The number of hydrogen-bond donors (Lipinski definition) is 0. The average molecular weight is 656 g/mol. The first-order valence-corrected chi connectivity index (χ1v) is 16.8. The Labute approximate surface area is 290 Å². The molecule has 4 heterocycles. The third kappa shape index (κ3) is 4.25. The van der Waals surface area contributed by atoms with Gasteiger partial charge in [0.15, 0.2) is 17.2 Å². The fraction of sp³-hybridized carbons (Fsp3) is 0. The van der Waals surface area contributed by atoms with Gasteiger partial charge in [0, 0.05) is 38.2 Å². The largest absolute Gasteiger partial charge is 0.456 e. The third-order valence-corrected chi connectivity index (χ3v) is 9.68. The molecule has 0 fully saturated rings. The molecule has 4 aromatic heterocycles. The van der Waals surface area contributed by atoms with Crippen molar-refractivity contribution in [2.24, 2.45) is 0 Å². The van der Waals surface area contributed by atoms with Crippen molar-refractivity contribution >= 4 is 65.6 Å². The summed E-state index contributed by atoms with van der Waals surface area (Å²) in [6.07, 6.45) is 0. The Kier molecular flexibility index (Phi) is 5.83. The molecule has 0 saturated carbocycles. The molecule has 11 rings (SSSR count). The van der Waals surface area contributed by atoms with Crippen LogP contribution in [0.1, 0.15) is 0 Å². The Hall–Kier alpha value is -7.12. The molecule has 7 nitrogen and oxygen atoms in total. The van der Waals surface area contributed by atoms with Gasteiger partial charge in [0.1, 0.15) is 22.2 Å². The van der Waals surface area contributed by atoms with Gasteiger partial charge >= 0.3 is 0 Å². The van der Waals surface area contributed by atoms with Gasteiger partial charge in [-0.3, -0.25) is 4.57 Å². The van der Waals surface area contributed by atoms with Gasteiger partial charge in [-0.25, -0.2) is 9.97 Å². The van der Waals surface area contributed by atoms with E-state index in [1.807, 2.05) is 97.1 Å². The highest BCUT2D eigenvalue weighted by molar-refractivity contribution is 6.25. The molecule has 0 bridgehead atoms. The lowest BCUT2D eigenvalue weighted by atomic mass is 10.0. The van der Waals surface area contributed by atoms with Gasteiger partial charge in [-0.2, -0.15) is 9.97 Å². The summed E-state index contributed by atoms with van der Waals surface area (Å²) >= 11 is 0. The monoisotopic (exact) mass is 655 g/mol. The molecule has 51 heavy (non-hydrogen) atoms. The number of aromatic nitrogens is 5. The number of benzene rings is 7. The summed E-state index contributed by atoms with van der Waals surface area (Å²) in [5, 5.41) is 6.45. The molecule has 0 radical (unpaired) electrons. The minimum Gasteiger partial charge on any atom is -0.456 e. The summed E-state index contributed by atoms with van der Waals surface area (Å²) in [6, 6.07) is 51.1. The van der Waals surface area contributed by atoms with Gasteiger partial charge in [-0.05, 0) is 65.4 Å². The van der Waals surface area contributed by atoms with Crippen molar-refractivity contribution in [3.8, 4) is 40.2 Å². The maximum absolute atomic E-state index is 6.67. The van der Waals surface area contributed by atoms with Crippen molar-refractivity contribution in [2.45, 2.75) is 0 Å². The van der Waals surface area contributed by atoms with Crippen LogP contribution < -0.4 is 0 Å². The van der Waals surface area contributed by atoms with E-state index in [0.717, 1.165) is 76.7 Å². The van der Waals surface area contributed by atoms with Crippen molar-refractivity contribution in [2.75, 3.05) is 0 Å². The van der Waals surface area contributed by atoms with Crippen LogP contribution in [0.4, 0.5) is 0 Å². The first-order valence-electron chi connectivity index (χ1n) is 16.8. The fourth-order valence-electron chi connectivity index (χ4n) is 7.34. The van der Waals surface area contributed by atoms with Gasteiger partial charge in [-0.1, -0.05) is 97.1 Å². The van der Waals surface area contributed by atoms with Gasteiger partial charge in [0.25, 0.3) is 0 Å². The lowest BCUT2D eigenvalue weighted by Gasteiger charge is -2.11. The number of nitrogens with zero attached hydrogens (tertiary/aromatic N) is 5. The van der Waals surface area contributed by atoms with E-state index in [0.29, 0.717) is 29.1 Å². The minimum atomic E-state index is 0.483. The molecule has 0 amide bonds. The summed E-state index contributed by atoms with van der Waals surface area (Å²) in [5.74, 6) is 2.16. The molecule has 0 unspecified atom stereocenters. The Morgan fingerprint density at radius 3 is 2.00 bits per heavy atom. The number of furan rings is 1. The highest BCUT2D eigenvalue weighted by Gasteiger charge is 2.23. The molecule has 0 spiro atoms. The summed E-state index contributed by atoms with van der Waals surface area (Å²) in [5.41, 5.74) is 7.54. The average Bonchev–Trinajstić information content (AvgIpc) is 3.90. The SMILES string of the molecule is c1ccc(-c2nc(-c3ccc4oc5ccccc5c4c3)nc(-n3c4ccc5ccccc5c4c4ccc5nc(-c6ccccc6)oc5c43)n2)cc1. The second kappa shape index (κ2) is 10.7. The predicted molar refractivity (Wildman–Crippen MR) is 203 cm³/mol. The summed E-state index contributed by atoms with van der Waals surface area (Å²) in [4.78, 5) is 20.4. The summed E-state index contributed by atoms with van der Waals surface area (Å²) in [7, 11) is 0. The van der Waals surface area contributed by atoms with Crippen molar-refractivity contribution in [3.63, 3.8) is 0 Å². The van der Waals surface area contributed by atoms with E-state index < -0.39 is 0 Å². The number of fused-ring (bicyclic) bond motifs is 10. The molecule has 0 aliphatic carbocycles. The quantitative estimate of drug-likeness (QED) is 0.188. The molecule has 0 aliphatic rings.